The number of hydrogen-bond donors (Lipinski definition) is 2. The van der Waals surface area contributed by atoms with E-state index in [1.54, 1.807) is 16.7 Å². The van der Waals surface area contributed by atoms with Gasteiger partial charge in [0.25, 0.3) is 5.91 Å². The molecule has 1 aliphatic rings. The number of carbonyl (C=O) groups excluding carboxylic acids is 1. The number of aromatic nitrogens is 2. The highest BCUT2D eigenvalue weighted by molar-refractivity contribution is 7.90. The van der Waals surface area contributed by atoms with Crippen molar-refractivity contribution in [3.8, 4) is 0 Å². The van der Waals surface area contributed by atoms with Gasteiger partial charge in [0.05, 0.1) is 24.5 Å². The minimum Gasteiger partial charge on any atom is -0.398 e. The predicted octanol–water partition coefficient (Wildman–Crippen LogP) is 2.77. The molecule has 1 amide bonds. The third-order valence-corrected chi connectivity index (χ3v) is 7.30. The zero-order valence-corrected chi connectivity index (χ0v) is 20.6. The van der Waals surface area contributed by atoms with Gasteiger partial charge < -0.3 is 11.1 Å². The molecule has 198 valence electrons. The van der Waals surface area contributed by atoms with Gasteiger partial charge in [-0.1, -0.05) is 13.0 Å². The second-order valence-corrected chi connectivity index (χ2v) is 10.2. The maximum atomic E-state index is 14.8. The molecule has 3 N–H and O–H groups in total. The van der Waals surface area contributed by atoms with Crippen LogP contribution < -0.4 is 16.1 Å². The number of anilines is 2. The van der Waals surface area contributed by atoms with Crippen molar-refractivity contribution in [2.24, 2.45) is 5.10 Å². The van der Waals surface area contributed by atoms with E-state index in [1.165, 1.54) is 12.1 Å². The van der Waals surface area contributed by atoms with Gasteiger partial charge in [-0.3, -0.25) is 14.2 Å². The molecule has 0 spiro atoms. The van der Waals surface area contributed by atoms with Gasteiger partial charge in [0.2, 0.25) is 0 Å². The van der Waals surface area contributed by atoms with Crippen LogP contribution in [0, 0.1) is 12.7 Å². The van der Waals surface area contributed by atoms with Crippen molar-refractivity contribution in [3.63, 3.8) is 0 Å². The Morgan fingerprint density at radius 1 is 1.22 bits per heavy atom. The molecule has 0 saturated carbocycles. The van der Waals surface area contributed by atoms with E-state index in [9.17, 15) is 30.8 Å². The van der Waals surface area contributed by atoms with Crippen LogP contribution in [0.2, 0.25) is 0 Å². The summed E-state index contributed by atoms with van der Waals surface area (Å²) in [5.74, 6) is -1.16. The zero-order valence-electron chi connectivity index (χ0n) is 19.8. The van der Waals surface area contributed by atoms with Crippen LogP contribution >= 0.6 is 0 Å². The highest BCUT2D eigenvalue weighted by atomic mass is 32.2. The molecule has 0 saturated heterocycles. The molecule has 37 heavy (non-hydrogen) atoms. The molecule has 0 atom stereocenters. The molecule has 2 aromatic heterocycles. The minimum absolute atomic E-state index is 0.0127. The lowest BCUT2D eigenvalue weighted by atomic mass is 10.1. The van der Waals surface area contributed by atoms with Gasteiger partial charge in [-0.15, -0.1) is 0 Å². The van der Waals surface area contributed by atoms with E-state index >= 15 is 0 Å². The average molecular weight is 542 g/mol. The summed E-state index contributed by atoms with van der Waals surface area (Å²) in [6.45, 7) is 2.81. The van der Waals surface area contributed by atoms with Crippen molar-refractivity contribution in [2.75, 3.05) is 23.8 Å². The number of hydrogen-bond acceptors (Lipinski definition) is 7. The number of fused-ring (bicyclic) bond motifs is 1. The lowest BCUT2D eigenvalue weighted by Crippen LogP contribution is -2.46. The van der Waals surface area contributed by atoms with Gasteiger partial charge in [0.1, 0.15) is 23.5 Å². The van der Waals surface area contributed by atoms with Gasteiger partial charge >= 0.3 is 15.5 Å². The summed E-state index contributed by atoms with van der Waals surface area (Å²) in [4.78, 5) is 17.5. The molecule has 4 rings (SSSR count). The van der Waals surface area contributed by atoms with Crippen LogP contribution in [0.1, 0.15) is 34.2 Å². The van der Waals surface area contributed by atoms with Crippen molar-refractivity contribution in [1.82, 2.24) is 19.0 Å². The van der Waals surface area contributed by atoms with E-state index in [-0.39, 0.29) is 23.1 Å². The summed E-state index contributed by atoms with van der Waals surface area (Å²) in [5.41, 5.74) is 3.63. The van der Waals surface area contributed by atoms with Crippen molar-refractivity contribution in [2.45, 2.75) is 32.3 Å². The van der Waals surface area contributed by atoms with Crippen LogP contribution in [0.5, 0.6) is 0 Å². The van der Waals surface area contributed by atoms with Gasteiger partial charge in [0, 0.05) is 24.5 Å². The quantitative estimate of drug-likeness (QED) is 0.463. The average Bonchev–Trinajstić information content (AvgIpc) is 3.19. The molecule has 3 aromatic rings. The maximum Gasteiger partial charge on any atom is 0.516 e. The third kappa shape index (κ3) is 4.90. The number of aryl methyl sites for hydroxylation is 2. The number of benzene rings is 1. The Morgan fingerprint density at radius 3 is 2.54 bits per heavy atom. The molecule has 1 aromatic carbocycles. The first kappa shape index (κ1) is 26.2. The highest BCUT2D eigenvalue weighted by Crippen LogP contribution is 2.28. The Balaban J connectivity index is 1.48. The number of alkyl halides is 3. The number of carbonyl (C=O) groups is 1. The molecule has 3 heterocycles. The number of rotatable bonds is 6. The van der Waals surface area contributed by atoms with Gasteiger partial charge in [-0.05, 0) is 36.6 Å². The molecule has 0 unspecified atom stereocenters. The molecule has 10 nitrogen and oxygen atoms in total. The number of sulfonamides is 1. The number of nitrogen functional groups attached to an aromatic ring is 1. The van der Waals surface area contributed by atoms with Gasteiger partial charge in [-0.25, -0.2) is 13.7 Å². The summed E-state index contributed by atoms with van der Waals surface area (Å²) < 4.78 is 77.6. The van der Waals surface area contributed by atoms with Crippen molar-refractivity contribution >= 4 is 39.3 Å². The molecule has 0 bridgehead atoms. The van der Waals surface area contributed by atoms with Crippen LogP contribution in [-0.4, -0.2) is 53.0 Å². The van der Waals surface area contributed by atoms with Crippen molar-refractivity contribution < 1.29 is 30.8 Å². The standard InChI is InChI=1S/C22H23F4N7O3S/c1-3-17-20(32-11-13(2)16(27)9-19(32)30-17)21(34)28-10-14-4-5-18(15(23)8-14)33-7-6-31(12-29-33)37(35,36)22(24,25)26/h4-5,8-9,11-12H,3,6-7,10,27H2,1-2H3,(H,28,34). The number of nitrogens with two attached hydrogens (primary N) is 1. The molecular formula is C22H23F4N7O3S. The number of imidazole rings is 1. The fourth-order valence-electron chi connectivity index (χ4n) is 3.80. The number of nitrogens with zero attached hydrogens (tertiary/aromatic N) is 5. The number of halogens is 4. The topological polar surface area (TPSA) is 125 Å². The normalized spacial score (nSPS) is 14.4. The van der Waals surface area contributed by atoms with Crippen molar-refractivity contribution in [1.29, 1.82) is 0 Å². The smallest absolute Gasteiger partial charge is 0.398 e. The summed E-state index contributed by atoms with van der Waals surface area (Å²) in [7, 11) is -5.57. The maximum absolute atomic E-state index is 14.8. The Morgan fingerprint density at radius 2 is 1.95 bits per heavy atom. The number of pyridine rings is 1. The summed E-state index contributed by atoms with van der Waals surface area (Å²) in [6, 6.07) is 5.71. The van der Waals surface area contributed by atoms with E-state index in [4.69, 9.17) is 5.73 Å². The lowest BCUT2D eigenvalue weighted by molar-refractivity contribution is -0.0471. The third-order valence-electron chi connectivity index (χ3n) is 5.82. The van der Waals surface area contributed by atoms with E-state index in [1.807, 2.05) is 13.8 Å². The van der Waals surface area contributed by atoms with E-state index in [2.05, 4.69) is 15.4 Å². The molecule has 15 heteroatoms. The molecule has 0 radical (unpaired) electrons. The van der Waals surface area contributed by atoms with E-state index in [0.29, 0.717) is 41.0 Å². The van der Waals surface area contributed by atoms with Crippen LogP contribution in [-0.2, 0) is 23.0 Å². The second-order valence-electron chi connectivity index (χ2n) is 8.28. The molecule has 0 aliphatic carbocycles. The molecule has 1 aliphatic heterocycles. The van der Waals surface area contributed by atoms with Gasteiger partial charge in [-0.2, -0.15) is 26.7 Å². The Labute approximate surface area is 209 Å². The molecular weight excluding hydrogens is 518 g/mol. The monoisotopic (exact) mass is 541 g/mol. The minimum atomic E-state index is -5.57. The zero-order chi connectivity index (χ0) is 27.1. The largest absolute Gasteiger partial charge is 0.516 e. The SMILES string of the molecule is CCc1nc2cc(N)c(C)cn2c1C(=O)NCc1ccc(N2CCN(S(=O)(=O)C(F)(F)F)C=N2)c(F)c1. The first-order chi connectivity index (χ1) is 17.3. The first-order valence-corrected chi connectivity index (χ1v) is 12.5. The van der Waals surface area contributed by atoms with Crippen molar-refractivity contribution in [3.05, 3.63) is 58.8 Å². The van der Waals surface area contributed by atoms with Gasteiger partial charge in [0.15, 0.2) is 0 Å². The summed E-state index contributed by atoms with van der Waals surface area (Å²) >= 11 is 0. The lowest BCUT2D eigenvalue weighted by Gasteiger charge is -2.29. The summed E-state index contributed by atoms with van der Waals surface area (Å²) in [6.07, 6.45) is 2.72. The predicted molar refractivity (Wildman–Crippen MR) is 129 cm³/mol. The van der Waals surface area contributed by atoms with E-state index < -0.39 is 33.8 Å². The number of amides is 1. The molecule has 0 fully saturated rings. The Bertz CT molecular complexity index is 1500. The van der Waals surface area contributed by atoms with Crippen LogP contribution in [0.15, 0.2) is 35.6 Å². The number of hydrazone groups is 1. The van der Waals surface area contributed by atoms with Crippen LogP contribution in [0.4, 0.5) is 28.9 Å². The number of nitrogens with one attached hydrogen (secondary N) is 1. The highest BCUT2D eigenvalue weighted by Gasteiger charge is 2.50. The Hall–Kier alpha value is -3.88. The fourth-order valence-corrected chi connectivity index (χ4v) is 4.56. The fraction of sp³-hybridized carbons (Fsp3) is 0.318. The Kier molecular flexibility index (Phi) is 6.75. The van der Waals surface area contributed by atoms with Crippen LogP contribution in [0.3, 0.4) is 0 Å². The summed E-state index contributed by atoms with van der Waals surface area (Å²) in [5, 5.41) is 7.45. The van der Waals surface area contributed by atoms with Crippen LogP contribution in [0.25, 0.3) is 5.65 Å². The first-order valence-electron chi connectivity index (χ1n) is 11.1. The second kappa shape index (κ2) is 9.53. The van der Waals surface area contributed by atoms with E-state index in [0.717, 1.165) is 16.6 Å².